The Balaban J connectivity index is 2.00. The van der Waals surface area contributed by atoms with E-state index >= 15 is 0 Å². The van der Waals surface area contributed by atoms with Crippen LogP contribution in [0, 0.1) is 20.8 Å². The number of aromatic nitrogens is 1. The number of anilines is 1. The standard InChI is InChI=1S/C24H24N2O2/c1-16-10-11-21(13-23(16)25-19(4)27)22-12-18(3)26(14-17(22)2)15-24(28)20-8-6-5-7-9-20/h5-15H,1-4H3,(H-,25,27,28)/p+1/b24-15-. The van der Waals surface area contributed by atoms with Crippen molar-refractivity contribution in [2.45, 2.75) is 27.7 Å². The molecule has 0 saturated carbocycles. The fourth-order valence-corrected chi connectivity index (χ4v) is 3.16. The molecular formula is C24H25N2O2+. The number of aliphatic hydroxyl groups excluding tert-OH is 1. The Hall–Kier alpha value is -3.40. The van der Waals surface area contributed by atoms with Crippen molar-refractivity contribution in [2.75, 3.05) is 5.32 Å². The molecule has 0 radical (unpaired) electrons. The van der Waals surface area contributed by atoms with Gasteiger partial charge in [0.1, 0.15) is 0 Å². The van der Waals surface area contributed by atoms with Gasteiger partial charge < -0.3 is 10.4 Å². The Morgan fingerprint density at radius 3 is 2.39 bits per heavy atom. The lowest BCUT2D eigenvalue weighted by atomic mass is 9.99. The van der Waals surface area contributed by atoms with Gasteiger partial charge in [0.05, 0.1) is 0 Å². The van der Waals surface area contributed by atoms with E-state index in [1.165, 1.54) is 6.92 Å². The second kappa shape index (κ2) is 8.09. The largest absolute Gasteiger partial charge is 0.502 e. The zero-order valence-corrected chi connectivity index (χ0v) is 16.7. The number of amides is 1. The van der Waals surface area contributed by atoms with Crippen LogP contribution in [0.2, 0.25) is 0 Å². The molecule has 3 rings (SSSR count). The van der Waals surface area contributed by atoms with Gasteiger partial charge in [-0.05, 0) is 36.6 Å². The molecule has 0 atom stereocenters. The molecule has 0 bridgehead atoms. The predicted molar refractivity (Wildman–Crippen MR) is 114 cm³/mol. The van der Waals surface area contributed by atoms with Crippen LogP contribution in [0.5, 0.6) is 0 Å². The molecule has 2 N–H and O–H groups in total. The molecule has 4 heteroatoms. The first kappa shape index (κ1) is 19.4. The summed E-state index contributed by atoms with van der Waals surface area (Å²) in [6.07, 6.45) is 3.72. The molecule has 0 aliphatic rings. The first-order chi connectivity index (χ1) is 13.3. The van der Waals surface area contributed by atoms with E-state index in [1.54, 1.807) is 6.20 Å². The normalized spacial score (nSPS) is 11.4. The van der Waals surface area contributed by atoms with Gasteiger partial charge >= 0.3 is 0 Å². The SMILES string of the molecule is CC(=O)Nc1cc(-c2cc(C)[n+](/C=C(\O)c3ccccc3)cc2C)ccc1C. The van der Waals surface area contributed by atoms with Crippen molar-refractivity contribution in [3.05, 3.63) is 83.2 Å². The molecule has 28 heavy (non-hydrogen) atoms. The third-order valence-corrected chi connectivity index (χ3v) is 4.71. The van der Waals surface area contributed by atoms with Gasteiger partial charge in [-0.25, -0.2) is 0 Å². The third kappa shape index (κ3) is 4.29. The summed E-state index contributed by atoms with van der Waals surface area (Å²) in [7, 11) is 0. The minimum absolute atomic E-state index is 0.0828. The van der Waals surface area contributed by atoms with Crippen LogP contribution in [-0.4, -0.2) is 11.0 Å². The number of rotatable bonds is 4. The zero-order chi connectivity index (χ0) is 20.3. The molecule has 2 aromatic carbocycles. The number of nitrogens with one attached hydrogen (secondary N) is 1. The summed E-state index contributed by atoms with van der Waals surface area (Å²) >= 11 is 0. The number of benzene rings is 2. The molecule has 1 heterocycles. The first-order valence-electron chi connectivity index (χ1n) is 9.22. The second-order valence-electron chi connectivity index (χ2n) is 7.01. The van der Waals surface area contributed by atoms with E-state index in [-0.39, 0.29) is 11.7 Å². The number of hydrogen-bond donors (Lipinski definition) is 2. The highest BCUT2D eigenvalue weighted by Crippen LogP contribution is 2.28. The predicted octanol–water partition coefficient (Wildman–Crippen LogP) is 5.04. The number of pyridine rings is 1. The average molecular weight is 373 g/mol. The Bertz CT molecular complexity index is 1050. The molecule has 142 valence electrons. The van der Waals surface area contributed by atoms with Crippen LogP contribution >= 0.6 is 0 Å². The van der Waals surface area contributed by atoms with Crippen molar-refractivity contribution < 1.29 is 14.5 Å². The Morgan fingerprint density at radius 2 is 1.71 bits per heavy atom. The fraction of sp³-hybridized carbons (Fsp3) is 0.167. The molecule has 0 aliphatic carbocycles. The van der Waals surface area contributed by atoms with Crippen LogP contribution in [0.25, 0.3) is 23.1 Å². The van der Waals surface area contributed by atoms with Crippen molar-refractivity contribution in [3.8, 4) is 11.1 Å². The summed E-state index contributed by atoms with van der Waals surface area (Å²) in [6, 6.07) is 17.6. The van der Waals surface area contributed by atoms with Gasteiger partial charge in [-0.1, -0.05) is 42.5 Å². The number of aliphatic hydroxyl groups is 1. The number of hydrogen-bond acceptors (Lipinski definition) is 2. The molecule has 3 aromatic rings. The highest BCUT2D eigenvalue weighted by molar-refractivity contribution is 5.90. The minimum atomic E-state index is -0.0828. The summed E-state index contributed by atoms with van der Waals surface area (Å²) in [5, 5.41) is 13.3. The van der Waals surface area contributed by atoms with Crippen LogP contribution in [0.1, 0.15) is 29.3 Å². The molecule has 1 amide bonds. The average Bonchev–Trinajstić information content (AvgIpc) is 2.66. The minimum Gasteiger partial charge on any atom is -0.502 e. The van der Waals surface area contributed by atoms with Gasteiger partial charge in [-0.2, -0.15) is 4.57 Å². The first-order valence-corrected chi connectivity index (χ1v) is 9.22. The van der Waals surface area contributed by atoms with Crippen molar-refractivity contribution in [3.63, 3.8) is 0 Å². The van der Waals surface area contributed by atoms with Crippen LogP contribution in [0.15, 0.2) is 60.8 Å². The number of aryl methyl sites for hydroxylation is 3. The van der Waals surface area contributed by atoms with Gasteiger partial charge in [0.25, 0.3) is 0 Å². The number of nitrogens with zero attached hydrogens (tertiary/aromatic N) is 1. The highest BCUT2D eigenvalue weighted by atomic mass is 16.3. The summed E-state index contributed by atoms with van der Waals surface area (Å²) < 4.78 is 1.92. The lowest BCUT2D eigenvalue weighted by molar-refractivity contribution is -0.575. The summed E-state index contributed by atoms with van der Waals surface area (Å²) in [5.41, 5.74) is 6.81. The van der Waals surface area contributed by atoms with E-state index in [1.807, 2.05) is 74.0 Å². The van der Waals surface area contributed by atoms with Crippen molar-refractivity contribution in [1.82, 2.24) is 0 Å². The van der Waals surface area contributed by atoms with Gasteiger partial charge in [0.15, 0.2) is 17.6 Å². The van der Waals surface area contributed by atoms with Crippen molar-refractivity contribution in [1.29, 1.82) is 0 Å². The van der Waals surface area contributed by atoms with Crippen molar-refractivity contribution >= 4 is 23.6 Å². The van der Waals surface area contributed by atoms with Gasteiger partial charge in [0.2, 0.25) is 12.1 Å². The van der Waals surface area contributed by atoms with Gasteiger partial charge in [-0.3, -0.25) is 4.79 Å². The van der Waals surface area contributed by atoms with E-state index in [9.17, 15) is 9.90 Å². The van der Waals surface area contributed by atoms with Gasteiger partial charge in [0, 0.05) is 36.7 Å². The van der Waals surface area contributed by atoms with E-state index in [4.69, 9.17) is 0 Å². The number of carbonyl (C=O) groups excluding carboxylic acids is 1. The summed E-state index contributed by atoms with van der Waals surface area (Å²) in [6.45, 7) is 7.53. The molecule has 4 nitrogen and oxygen atoms in total. The Kier molecular flexibility index (Phi) is 5.59. The third-order valence-electron chi connectivity index (χ3n) is 4.71. The molecular weight excluding hydrogens is 348 g/mol. The summed E-state index contributed by atoms with van der Waals surface area (Å²) in [5.74, 6) is 0.129. The van der Waals surface area contributed by atoms with E-state index < -0.39 is 0 Å². The molecule has 0 saturated heterocycles. The Labute approximate surface area is 165 Å². The summed E-state index contributed by atoms with van der Waals surface area (Å²) in [4.78, 5) is 11.5. The maximum absolute atomic E-state index is 11.5. The monoisotopic (exact) mass is 373 g/mol. The maximum atomic E-state index is 11.5. The lowest BCUT2D eigenvalue weighted by Crippen LogP contribution is -2.30. The Morgan fingerprint density at radius 1 is 1.00 bits per heavy atom. The maximum Gasteiger partial charge on any atom is 0.221 e. The smallest absolute Gasteiger partial charge is 0.221 e. The van der Waals surface area contributed by atoms with Crippen LogP contribution in [0.4, 0.5) is 5.69 Å². The molecule has 0 fully saturated rings. The molecule has 0 spiro atoms. The molecule has 0 aliphatic heterocycles. The second-order valence-corrected chi connectivity index (χ2v) is 7.01. The van der Waals surface area contributed by atoms with E-state index in [0.29, 0.717) is 0 Å². The van der Waals surface area contributed by atoms with Crippen LogP contribution in [-0.2, 0) is 4.79 Å². The molecule has 0 unspecified atom stereocenters. The molecule has 1 aromatic heterocycles. The van der Waals surface area contributed by atoms with Crippen LogP contribution < -0.4 is 9.88 Å². The van der Waals surface area contributed by atoms with Crippen molar-refractivity contribution in [2.24, 2.45) is 0 Å². The van der Waals surface area contributed by atoms with E-state index in [0.717, 1.165) is 39.2 Å². The zero-order valence-electron chi connectivity index (χ0n) is 16.7. The number of carbonyl (C=O) groups is 1. The lowest BCUT2D eigenvalue weighted by Gasteiger charge is -2.11. The fourth-order valence-electron chi connectivity index (χ4n) is 3.16. The van der Waals surface area contributed by atoms with Crippen LogP contribution in [0.3, 0.4) is 0 Å². The topological polar surface area (TPSA) is 53.2 Å². The highest BCUT2D eigenvalue weighted by Gasteiger charge is 2.14. The van der Waals surface area contributed by atoms with Gasteiger partial charge in [-0.15, -0.1) is 0 Å². The van der Waals surface area contributed by atoms with E-state index in [2.05, 4.69) is 17.4 Å². The quantitative estimate of drug-likeness (QED) is 0.497.